The lowest BCUT2D eigenvalue weighted by atomic mass is 9.75. The maximum Gasteiger partial charge on any atom is 0.239 e. The molecule has 1 saturated carbocycles. The van der Waals surface area contributed by atoms with Crippen LogP contribution in [0.5, 0.6) is 0 Å². The number of hydrogen-bond acceptors (Lipinski definition) is 4. The van der Waals surface area contributed by atoms with Gasteiger partial charge in [0.1, 0.15) is 6.04 Å². The van der Waals surface area contributed by atoms with Crippen LogP contribution in [0.2, 0.25) is 0 Å². The van der Waals surface area contributed by atoms with Gasteiger partial charge in [-0.25, -0.2) is 0 Å². The van der Waals surface area contributed by atoms with E-state index in [2.05, 4.69) is 36.6 Å². The summed E-state index contributed by atoms with van der Waals surface area (Å²) in [7, 11) is 4.27. The predicted octanol–water partition coefficient (Wildman–Crippen LogP) is 0.990. The molecular formula is C16H31N3O2. The van der Waals surface area contributed by atoms with Crippen LogP contribution in [0, 0.1) is 5.92 Å². The first-order chi connectivity index (χ1) is 9.94. The Labute approximate surface area is 128 Å². The molecule has 122 valence electrons. The summed E-state index contributed by atoms with van der Waals surface area (Å²) in [5.74, 6) is 0.801. The van der Waals surface area contributed by atoms with E-state index in [1.54, 1.807) is 0 Å². The molecule has 2 rings (SSSR count). The molecule has 1 heterocycles. The number of nitrogens with one attached hydrogen (secondary N) is 2. The van der Waals surface area contributed by atoms with Gasteiger partial charge >= 0.3 is 0 Å². The van der Waals surface area contributed by atoms with E-state index in [4.69, 9.17) is 4.74 Å². The van der Waals surface area contributed by atoms with Gasteiger partial charge in [-0.3, -0.25) is 4.79 Å². The smallest absolute Gasteiger partial charge is 0.239 e. The molecule has 0 aromatic carbocycles. The molecule has 0 bridgehead atoms. The highest BCUT2D eigenvalue weighted by atomic mass is 16.5. The minimum atomic E-state index is -0.223. The lowest BCUT2D eigenvalue weighted by molar-refractivity contribution is -0.129. The fraction of sp³-hybridized carbons (Fsp3) is 0.938. The predicted molar refractivity (Wildman–Crippen MR) is 84.3 cm³/mol. The molecule has 5 nitrogen and oxygen atoms in total. The largest absolute Gasteiger partial charge is 0.375 e. The molecule has 2 fully saturated rings. The third-order valence-electron chi connectivity index (χ3n) is 5.21. The number of morpholine rings is 1. The molecule has 2 aliphatic rings. The summed E-state index contributed by atoms with van der Waals surface area (Å²) >= 11 is 0. The van der Waals surface area contributed by atoms with Gasteiger partial charge in [0.15, 0.2) is 0 Å². The van der Waals surface area contributed by atoms with E-state index in [0.29, 0.717) is 6.61 Å². The van der Waals surface area contributed by atoms with Gasteiger partial charge in [0.2, 0.25) is 5.91 Å². The Kier molecular flexibility index (Phi) is 5.63. The van der Waals surface area contributed by atoms with E-state index in [0.717, 1.165) is 31.8 Å². The summed E-state index contributed by atoms with van der Waals surface area (Å²) < 4.78 is 5.56. The van der Waals surface area contributed by atoms with Crippen molar-refractivity contribution >= 4 is 5.91 Å². The molecular weight excluding hydrogens is 266 g/mol. The van der Waals surface area contributed by atoms with E-state index in [1.165, 1.54) is 12.8 Å². The Bertz CT molecular complexity index is 361. The normalized spacial score (nSPS) is 37.5. The first-order valence-corrected chi connectivity index (χ1v) is 8.25. The molecule has 0 aromatic rings. The number of amides is 1. The zero-order chi connectivity index (χ0) is 15.5. The lowest BCUT2D eigenvalue weighted by Gasteiger charge is -2.45. The third kappa shape index (κ3) is 3.96. The van der Waals surface area contributed by atoms with Crippen LogP contribution in [0.1, 0.15) is 39.5 Å². The van der Waals surface area contributed by atoms with Crippen molar-refractivity contribution in [1.82, 2.24) is 15.5 Å². The minimum Gasteiger partial charge on any atom is -0.375 e. The highest BCUT2D eigenvalue weighted by molar-refractivity contribution is 5.82. The molecule has 1 aliphatic carbocycles. The summed E-state index contributed by atoms with van der Waals surface area (Å²) in [5, 5.41) is 6.43. The highest BCUT2D eigenvalue weighted by Crippen LogP contribution is 2.35. The van der Waals surface area contributed by atoms with Crippen LogP contribution < -0.4 is 10.6 Å². The van der Waals surface area contributed by atoms with Gasteiger partial charge in [-0.15, -0.1) is 0 Å². The quantitative estimate of drug-likeness (QED) is 0.812. The molecule has 2 unspecified atom stereocenters. The zero-order valence-electron chi connectivity index (χ0n) is 13.9. The minimum absolute atomic E-state index is 0.0562. The van der Waals surface area contributed by atoms with Crippen LogP contribution >= 0.6 is 0 Å². The fourth-order valence-corrected chi connectivity index (χ4v) is 3.75. The molecule has 21 heavy (non-hydrogen) atoms. The summed E-state index contributed by atoms with van der Waals surface area (Å²) in [4.78, 5) is 14.7. The Hall–Kier alpha value is -0.650. The maximum atomic E-state index is 12.4. The zero-order valence-corrected chi connectivity index (χ0v) is 13.9. The lowest BCUT2D eigenvalue weighted by Crippen LogP contribution is -2.60. The van der Waals surface area contributed by atoms with Crippen LogP contribution in [0.3, 0.4) is 0 Å². The van der Waals surface area contributed by atoms with Crippen molar-refractivity contribution in [3.63, 3.8) is 0 Å². The summed E-state index contributed by atoms with van der Waals surface area (Å²) in [5.41, 5.74) is 0.103. The first kappa shape index (κ1) is 16.7. The first-order valence-electron chi connectivity index (χ1n) is 8.25. The Morgan fingerprint density at radius 1 is 1.43 bits per heavy atom. The van der Waals surface area contributed by atoms with E-state index in [-0.39, 0.29) is 23.6 Å². The number of ether oxygens (including phenoxy) is 1. The second-order valence-corrected chi connectivity index (χ2v) is 7.05. The second-order valence-electron chi connectivity index (χ2n) is 7.05. The van der Waals surface area contributed by atoms with Gasteiger partial charge in [0.05, 0.1) is 12.7 Å². The van der Waals surface area contributed by atoms with Crippen molar-refractivity contribution in [3.05, 3.63) is 0 Å². The van der Waals surface area contributed by atoms with E-state index < -0.39 is 0 Å². The van der Waals surface area contributed by atoms with Crippen molar-refractivity contribution < 1.29 is 9.53 Å². The summed E-state index contributed by atoms with van der Waals surface area (Å²) in [6.45, 7) is 6.44. The van der Waals surface area contributed by atoms with Crippen LogP contribution in [-0.2, 0) is 9.53 Å². The molecule has 1 saturated heterocycles. The van der Waals surface area contributed by atoms with E-state index in [9.17, 15) is 4.79 Å². The van der Waals surface area contributed by atoms with Crippen LogP contribution in [0.15, 0.2) is 0 Å². The third-order valence-corrected chi connectivity index (χ3v) is 5.21. The number of likely N-dealkylation sites (N-methyl/N-ethyl adjacent to an activating group) is 1. The number of carbonyl (C=O) groups is 1. The van der Waals surface area contributed by atoms with Crippen LogP contribution in [0.25, 0.3) is 0 Å². The number of rotatable bonds is 4. The Morgan fingerprint density at radius 2 is 2.19 bits per heavy atom. The molecule has 1 aliphatic heterocycles. The summed E-state index contributed by atoms with van der Waals surface area (Å²) in [6, 6.07) is -0.223. The Morgan fingerprint density at radius 3 is 2.81 bits per heavy atom. The number of nitrogens with zero attached hydrogens (tertiary/aromatic N) is 1. The van der Waals surface area contributed by atoms with E-state index >= 15 is 0 Å². The van der Waals surface area contributed by atoms with Gasteiger partial charge in [0, 0.05) is 18.6 Å². The van der Waals surface area contributed by atoms with Crippen molar-refractivity contribution in [1.29, 1.82) is 0 Å². The topological polar surface area (TPSA) is 53.6 Å². The average molecular weight is 297 g/mol. The number of carbonyl (C=O) groups excluding carboxylic acids is 1. The van der Waals surface area contributed by atoms with Gasteiger partial charge in [-0.2, -0.15) is 0 Å². The molecule has 4 atom stereocenters. The van der Waals surface area contributed by atoms with Crippen LogP contribution in [-0.4, -0.2) is 62.3 Å². The number of hydrogen-bond donors (Lipinski definition) is 2. The van der Waals surface area contributed by atoms with Crippen LogP contribution in [0.4, 0.5) is 0 Å². The molecule has 5 heteroatoms. The maximum absolute atomic E-state index is 12.4. The van der Waals surface area contributed by atoms with Gasteiger partial charge in [0.25, 0.3) is 0 Å². The van der Waals surface area contributed by atoms with Crippen molar-refractivity contribution in [2.75, 3.05) is 33.8 Å². The second kappa shape index (κ2) is 7.07. The van der Waals surface area contributed by atoms with Gasteiger partial charge < -0.3 is 20.3 Å². The Balaban J connectivity index is 1.93. The fourth-order valence-electron chi connectivity index (χ4n) is 3.75. The van der Waals surface area contributed by atoms with Crippen molar-refractivity contribution in [3.8, 4) is 0 Å². The standard InChI is InChI=1S/C16H31N3O2/c1-12-6-5-7-16(10-12,19(3)4)11-18-15(20)14-13(2)21-9-8-17-14/h12-14,17H,5-11H2,1-4H3,(H,18,20)/t12?,13-,14+,16?/m1/s1. The molecule has 0 radical (unpaired) electrons. The molecule has 2 N–H and O–H groups in total. The summed E-state index contributed by atoms with van der Waals surface area (Å²) in [6.07, 6.45) is 4.81. The molecule has 0 spiro atoms. The van der Waals surface area contributed by atoms with E-state index in [1.807, 2.05) is 6.92 Å². The average Bonchev–Trinajstić information content (AvgIpc) is 2.45. The monoisotopic (exact) mass is 297 g/mol. The molecule has 1 amide bonds. The SMILES string of the molecule is CC1CCCC(CNC(=O)[C@H]2NCCO[C@@H]2C)(N(C)C)C1. The van der Waals surface area contributed by atoms with Gasteiger partial charge in [-0.1, -0.05) is 19.8 Å². The highest BCUT2D eigenvalue weighted by Gasteiger charge is 2.38. The van der Waals surface area contributed by atoms with Crippen molar-refractivity contribution in [2.45, 2.75) is 57.2 Å². The van der Waals surface area contributed by atoms with Gasteiger partial charge in [-0.05, 0) is 39.8 Å². The molecule has 0 aromatic heterocycles. The van der Waals surface area contributed by atoms with Crippen molar-refractivity contribution in [2.24, 2.45) is 5.92 Å².